The topological polar surface area (TPSA) is 3.01 Å². The quantitative estimate of drug-likeness (QED) is 0.599. The summed E-state index contributed by atoms with van der Waals surface area (Å²) in [6, 6.07) is 8.69. The molecule has 0 radical (unpaired) electrons. The Bertz CT molecular complexity index is 280. The van der Waals surface area contributed by atoms with Crippen molar-refractivity contribution in [3.63, 3.8) is 0 Å². The summed E-state index contributed by atoms with van der Waals surface area (Å²) >= 11 is 0. The summed E-state index contributed by atoms with van der Waals surface area (Å²) < 4.78 is 0. The Morgan fingerprint density at radius 3 is 2.33 bits per heavy atom. The summed E-state index contributed by atoms with van der Waals surface area (Å²) in [6.07, 6.45) is 4.18. The van der Waals surface area contributed by atoms with Crippen LogP contribution in [0.15, 0.2) is 30.3 Å². The maximum Gasteiger partial charge on any atom is 0.0367 e. The molecule has 0 atom stereocenters. The van der Waals surface area contributed by atoms with Crippen molar-refractivity contribution < 1.29 is 0 Å². The lowest BCUT2D eigenvalue weighted by Gasteiger charge is -2.01. The molecule has 0 aliphatic carbocycles. The molecule has 0 spiro atoms. The first-order valence-corrected chi connectivity index (χ1v) is 4.38. The van der Waals surface area contributed by atoms with Crippen LogP contribution in [-0.4, -0.2) is 13.1 Å². The zero-order valence-electron chi connectivity index (χ0n) is 7.33. The van der Waals surface area contributed by atoms with E-state index in [0.717, 1.165) is 0 Å². The van der Waals surface area contributed by atoms with E-state index >= 15 is 0 Å². The number of hydrogen-bond acceptors (Lipinski definition) is 1. The molecule has 0 aromatic heterocycles. The molecule has 0 unspecified atom stereocenters. The Labute approximate surface area is 73.3 Å². The molecule has 62 valence electrons. The van der Waals surface area contributed by atoms with Gasteiger partial charge in [0.2, 0.25) is 0 Å². The zero-order valence-corrected chi connectivity index (χ0v) is 7.33. The molecule has 1 aromatic rings. The molecule has 1 aliphatic heterocycles. The molecule has 1 heterocycles. The molecule has 1 aromatic carbocycles. The van der Waals surface area contributed by atoms with Gasteiger partial charge in [-0.3, -0.25) is 0 Å². The summed E-state index contributed by atoms with van der Waals surface area (Å²) in [5, 5.41) is 0. The van der Waals surface area contributed by atoms with E-state index < -0.39 is 0 Å². The highest BCUT2D eigenvalue weighted by atomic mass is 15.3. The molecule has 2 rings (SSSR count). The maximum absolute atomic E-state index is 2.35. The average Bonchev–Trinajstić information content (AvgIpc) is 2.89. The lowest BCUT2D eigenvalue weighted by molar-refractivity contribution is 1.39. The molecule has 0 N–H and O–H groups in total. The maximum atomic E-state index is 2.35. The second-order valence-electron chi connectivity index (χ2n) is 3.08. The van der Waals surface area contributed by atoms with E-state index in [4.69, 9.17) is 0 Å². The van der Waals surface area contributed by atoms with Gasteiger partial charge in [0.25, 0.3) is 0 Å². The lowest BCUT2D eigenvalue weighted by atomic mass is 10.2. The van der Waals surface area contributed by atoms with Crippen molar-refractivity contribution >= 4 is 11.8 Å². The van der Waals surface area contributed by atoms with Gasteiger partial charge in [0.15, 0.2) is 0 Å². The fourth-order valence-corrected chi connectivity index (χ4v) is 1.30. The Morgan fingerprint density at radius 1 is 1.17 bits per heavy atom. The number of anilines is 1. The number of allylic oxidation sites excluding steroid dienone is 1. The van der Waals surface area contributed by atoms with Crippen LogP contribution in [0.2, 0.25) is 0 Å². The van der Waals surface area contributed by atoms with Crippen LogP contribution in [0.3, 0.4) is 0 Å². The van der Waals surface area contributed by atoms with Gasteiger partial charge in [0, 0.05) is 18.8 Å². The average molecular weight is 159 g/mol. The molecule has 1 fully saturated rings. The molecular formula is C11H13N. The van der Waals surface area contributed by atoms with E-state index in [1.165, 1.54) is 24.3 Å². The van der Waals surface area contributed by atoms with Gasteiger partial charge in [-0.2, -0.15) is 0 Å². The third kappa shape index (κ3) is 1.50. The minimum atomic E-state index is 1.23. The molecule has 1 nitrogen and oxygen atoms in total. The van der Waals surface area contributed by atoms with E-state index in [0.29, 0.717) is 0 Å². The van der Waals surface area contributed by atoms with Crippen molar-refractivity contribution in [2.24, 2.45) is 0 Å². The van der Waals surface area contributed by atoms with Crippen molar-refractivity contribution in [1.29, 1.82) is 0 Å². The molecule has 1 aliphatic rings. The van der Waals surface area contributed by atoms with Crippen molar-refractivity contribution in [1.82, 2.24) is 0 Å². The highest BCUT2D eigenvalue weighted by Gasteiger charge is 2.16. The largest absolute Gasteiger partial charge is 0.368 e. The minimum Gasteiger partial charge on any atom is -0.368 e. The Balaban J connectivity index is 2.18. The smallest absolute Gasteiger partial charge is 0.0367 e. The molecule has 12 heavy (non-hydrogen) atoms. The number of nitrogens with zero attached hydrogens (tertiary/aromatic N) is 1. The summed E-state index contributed by atoms with van der Waals surface area (Å²) in [5.41, 5.74) is 2.63. The molecule has 0 bridgehead atoms. The van der Waals surface area contributed by atoms with Crippen LogP contribution in [0, 0.1) is 0 Å². The summed E-state index contributed by atoms with van der Waals surface area (Å²) in [6.45, 7) is 4.49. The Kier molecular flexibility index (Phi) is 1.86. The number of hydrogen-bond donors (Lipinski definition) is 0. The zero-order chi connectivity index (χ0) is 8.39. The van der Waals surface area contributed by atoms with Crippen LogP contribution in [0.1, 0.15) is 12.5 Å². The second-order valence-corrected chi connectivity index (χ2v) is 3.08. The third-order valence-electron chi connectivity index (χ3n) is 2.06. The third-order valence-corrected chi connectivity index (χ3v) is 2.06. The summed E-state index contributed by atoms with van der Waals surface area (Å²) in [5.74, 6) is 0. The highest BCUT2D eigenvalue weighted by molar-refractivity contribution is 5.57. The van der Waals surface area contributed by atoms with Crippen LogP contribution in [-0.2, 0) is 0 Å². The van der Waals surface area contributed by atoms with E-state index in [1.54, 1.807) is 0 Å². The number of rotatable bonds is 2. The van der Waals surface area contributed by atoms with Crippen LogP contribution < -0.4 is 4.90 Å². The van der Waals surface area contributed by atoms with E-state index in [1.807, 2.05) is 6.92 Å². The van der Waals surface area contributed by atoms with Gasteiger partial charge in [0.05, 0.1) is 0 Å². The monoisotopic (exact) mass is 159 g/mol. The molecule has 1 heteroatoms. The van der Waals surface area contributed by atoms with E-state index in [-0.39, 0.29) is 0 Å². The van der Waals surface area contributed by atoms with Crippen LogP contribution in [0.4, 0.5) is 5.69 Å². The van der Waals surface area contributed by atoms with Crippen molar-refractivity contribution in [2.75, 3.05) is 18.0 Å². The fraction of sp³-hybridized carbons (Fsp3) is 0.273. The first kappa shape index (κ1) is 7.41. The first-order chi connectivity index (χ1) is 5.90. The SMILES string of the molecule is CC=Cc1ccc(N2CC2)cc1. The second kappa shape index (κ2) is 3.02. The van der Waals surface area contributed by atoms with Gasteiger partial charge >= 0.3 is 0 Å². The van der Waals surface area contributed by atoms with E-state index in [2.05, 4.69) is 41.3 Å². The van der Waals surface area contributed by atoms with E-state index in [9.17, 15) is 0 Å². The molecule has 0 amide bonds. The van der Waals surface area contributed by atoms with Gasteiger partial charge in [-0.1, -0.05) is 24.3 Å². The highest BCUT2D eigenvalue weighted by Crippen LogP contribution is 2.21. The van der Waals surface area contributed by atoms with Crippen molar-refractivity contribution in [2.45, 2.75) is 6.92 Å². The van der Waals surface area contributed by atoms with Gasteiger partial charge in [-0.15, -0.1) is 0 Å². The minimum absolute atomic E-state index is 1.23. The number of benzene rings is 1. The normalized spacial score (nSPS) is 15.6. The summed E-state index contributed by atoms with van der Waals surface area (Å²) in [4.78, 5) is 2.35. The van der Waals surface area contributed by atoms with Gasteiger partial charge < -0.3 is 4.90 Å². The fourth-order valence-electron chi connectivity index (χ4n) is 1.30. The Morgan fingerprint density at radius 2 is 1.83 bits per heavy atom. The molecular weight excluding hydrogens is 146 g/mol. The van der Waals surface area contributed by atoms with Gasteiger partial charge in [-0.05, 0) is 24.6 Å². The predicted octanol–water partition coefficient (Wildman–Crippen LogP) is 2.54. The molecule has 1 saturated heterocycles. The molecule has 0 saturated carbocycles. The summed E-state index contributed by atoms with van der Waals surface area (Å²) in [7, 11) is 0. The predicted molar refractivity (Wildman–Crippen MR) is 53.4 cm³/mol. The first-order valence-electron chi connectivity index (χ1n) is 4.38. The van der Waals surface area contributed by atoms with Crippen LogP contribution >= 0.6 is 0 Å². The Hall–Kier alpha value is -1.24. The van der Waals surface area contributed by atoms with Gasteiger partial charge in [-0.25, -0.2) is 0 Å². The van der Waals surface area contributed by atoms with Crippen LogP contribution in [0.25, 0.3) is 6.08 Å². The standard InChI is InChI=1S/C11H13N/c1-2-3-10-4-6-11(7-5-10)12-8-9-12/h2-7H,8-9H2,1H3. The van der Waals surface area contributed by atoms with Crippen molar-refractivity contribution in [3.05, 3.63) is 35.9 Å². The van der Waals surface area contributed by atoms with Crippen LogP contribution in [0.5, 0.6) is 0 Å². The lowest BCUT2D eigenvalue weighted by Crippen LogP contribution is -1.89. The van der Waals surface area contributed by atoms with Crippen molar-refractivity contribution in [3.8, 4) is 0 Å². The van der Waals surface area contributed by atoms with Gasteiger partial charge in [0.1, 0.15) is 0 Å².